The van der Waals surface area contributed by atoms with Crippen LogP contribution in [0.3, 0.4) is 0 Å². The molecule has 2 aliphatic heterocycles. The van der Waals surface area contributed by atoms with Crippen molar-refractivity contribution in [3.8, 4) is 11.5 Å². The highest BCUT2D eigenvalue weighted by atomic mass is 16.7. The Kier molecular flexibility index (Phi) is 5.31. The number of fused-ring (bicyclic) bond motifs is 2. The number of hydrogen-bond donors (Lipinski definition) is 1. The minimum Gasteiger partial charge on any atom is -0.469 e. The van der Waals surface area contributed by atoms with E-state index in [1.807, 2.05) is 12.1 Å². The van der Waals surface area contributed by atoms with Gasteiger partial charge in [-0.25, -0.2) is 0 Å². The van der Waals surface area contributed by atoms with Gasteiger partial charge in [0.25, 0.3) is 5.91 Å². The zero-order valence-electron chi connectivity index (χ0n) is 16.7. The molecular weight excluding hydrogens is 388 g/mol. The lowest BCUT2D eigenvalue weighted by Gasteiger charge is -2.39. The predicted octanol–water partition coefficient (Wildman–Crippen LogP) is 2.01. The molecule has 2 atom stereocenters. The third-order valence-corrected chi connectivity index (χ3v) is 5.46. The van der Waals surface area contributed by atoms with E-state index in [2.05, 4.69) is 10.1 Å². The molecule has 2 amide bonds. The molecule has 0 aromatic heterocycles. The molecule has 8 heteroatoms. The van der Waals surface area contributed by atoms with E-state index in [0.29, 0.717) is 22.6 Å². The zero-order valence-corrected chi connectivity index (χ0v) is 16.7. The lowest BCUT2D eigenvalue weighted by Crippen LogP contribution is -2.45. The summed E-state index contributed by atoms with van der Waals surface area (Å²) in [7, 11) is 2.99. The summed E-state index contributed by atoms with van der Waals surface area (Å²) in [4.78, 5) is 39.2. The van der Waals surface area contributed by atoms with Gasteiger partial charge in [-0.1, -0.05) is 24.3 Å². The summed E-state index contributed by atoms with van der Waals surface area (Å²) in [5.74, 6) is -0.277. The lowest BCUT2D eigenvalue weighted by molar-refractivity contribution is -0.140. The minimum absolute atomic E-state index is 0.0695. The molecule has 30 heavy (non-hydrogen) atoms. The van der Waals surface area contributed by atoms with Gasteiger partial charge in [-0.05, 0) is 29.3 Å². The second-order valence-electron chi connectivity index (χ2n) is 7.16. The molecule has 0 fully saturated rings. The van der Waals surface area contributed by atoms with Gasteiger partial charge >= 0.3 is 5.97 Å². The van der Waals surface area contributed by atoms with E-state index >= 15 is 0 Å². The van der Waals surface area contributed by atoms with E-state index < -0.39 is 17.9 Å². The molecule has 156 valence electrons. The van der Waals surface area contributed by atoms with Crippen LogP contribution in [0.5, 0.6) is 11.5 Å². The molecule has 0 unspecified atom stereocenters. The van der Waals surface area contributed by atoms with Crippen molar-refractivity contribution in [2.45, 2.75) is 18.4 Å². The molecule has 0 radical (unpaired) electrons. The molecule has 2 heterocycles. The predicted molar refractivity (Wildman–Crippen MR) is 106 cm³/mol. The smallest absolute Gasteiger partial charge is 0.307 e. The highest BCUT2D eigenvalue weighted by molar-refractivity contribution is 6.01. The number of rotatable bonds is 5. The number of carbonyl (C=O) groups is 3. The number of ether oxygens (including phenoxy) is 3. The number of amides is 2. The van der Waals surface area contributed by atoms with Crippen molar-refractivity contribution < 1.29 is 28.6 Å². The molecule has 4 rings (SSSR count). The summed E-state index contributed by atoms with van der Waals surface area (Å²) < 4.78 is 15.5. The molecular formula is C22H22N2O6. The number of benzene rings is 2. The van der Waals surface area contributed by atoms with E-state index in [4.69, 9.17) is 9.47 Å². The van der Waals surface area contributed by atoms with Crippen molar-refractivity contribution in [1.29, 1.82) is 0 Å². The molecule has 2 aromatic carbocycles. The van der Waals surface area contributed by atoms with E-state index in [9.17, 15) is 14.4 Å². The van der Waals surface area contributed by atoms with E-state index in [1.54, 1.807) is 42.3 Å². The fourth-order valence-electron chi connectivity index (χ4n) is 3.97. The van der Waals surface area contributed by atoms with Crippen LogP contribution in [-0.2, 0) is 14.3 Å². The first-order chi connectivity index (χ1) is 14.5. The van der Waals surface area contributed by atoms with Crippen LogP contribution in [-0.4, -0.2) is 50.2 Å². The van der Waals surface area contributed by atoms with Gasteiger partial charge in [0, 0.05) is 19.2 Å². The summed E-state index contributed by atoms with van der Waals surface area (Å²) in [6.45, 7) is 0.286. The number of esters is 1. The van der Waals surface area contributed by atoms with Crippen LogP contribution in [0.15, 0.2) is 42.5 Å². The largest absolute Gasteiger partial charge is 0.469 e. The summed E-state index contributed by atoms with van der Waals surface area (Å²) in [5, 5.41) is 2.81. The highest BCUT2D eigenvalue weighted by Crippen LogP contribution is 2.44. The van der Waals surface area contributed by atoms with Crippen molar-refractivity contribution in [3.63, 3.8) is 0 Å². The summed E-state index contributed by atoms with van der Waals surface area (Å²) in [5.41, 5.74) is 1.90. The Labute approximate surface area is 173 Å². The third kappa shape index (κ3) is 3.45. The van der Waals surface area contributed by atoms with Crippen LogP contribution in [0.25, 0.3) is 0 Å². The number of methoxy groups -OCH3 is 1. The number of likely N-dealkylation sites (N-methyl/N-ethyl adjacent to an activating group) is 1. The van der Waals surface area contributed by atoms with Crippen LogP contribution in [0, 0.1) is 0 Å². The van der Waals surface area contributed by atoms with Gasteiger partial charge in [-0.3, -0.25) is 14.4 Å². The van der Waals surface area contributed by atoms with Gasteiger partial charge in [0.05, 0.1) is 25.5 Å². The molecule has 2 aliphatic rings. The molecule has 0 bridgehead atoms. The van der Waals surface area contributed by atoms with Crippen LogP contribution >= 0.6 is 0 Å². The second-order valence-corrected chi connectivity index (χ2v) is 7.16. The maximum atomic E-state index is 13.2. The van der Waals surface area contributed by atoms with Crippen LogP contribution < -0.4 is 14.8 Å². The quantitative estimate of drug-likeness (QED) is 0.758. The van der Waals surface area contributed by atoms with Crippen molar-refractivity contribution >= 4 is 17.8 Å². The van der Waals surface area contributed by atoms with Crippen molar-refractivity contribution in [2.24, 2.45) is 0 Å². The Balaban J connectivity index is 1.71. The average molecular weight is 410 g/mol. The molecule has 1 N–H and O–H groups in total. The standard InChI is InChI=1S/C22H22N2O6/c1-24-20(13-7-8-16-17(11-13)30-12-29-16)19(21(26)23-10-9-18(25)28-2)14-5-3-4-6-15(14)22(24)27/h3-8,11,19-20H,9-10,12H2,1-2H3,(H,23,26)/t19-,20-/m1/s1. The van der Waals surface area contributed by atoms with Gasteiger partial charge < -0.3 is 24.4 Å². The minimum atomic E-state index is -0.651. The van der Waals surface area contributed by atoms with Crippen LogP contribution in [0.1, 0.15) is 39.9 Å². The Morgan fingerprint density at radius 3 is 2.73 bits per heavy atom. The van der Waals surface area contributed by atoms with Crippen LogP contribution in [0.2, 0.25) is 0 Å². The number of nitrogens with one attached hydrogen (secondary N) is 1. The van der Waals surface area contributed by atoms with E-state index in [1.165, 1.54) is 7.11 Å². The summed E-state index contributed by atoms with van der Waals surface area (Å²) in [6, 6.07) is 12.0. The van der Waals surface area contributed by atoms with Crippen LogP contribution in [0.4, 0.5) is 0 Å². The number of hydrogen-bond acceptors (Lipinski definition) is 6. The van der Waals surface area contributed by atoms with Gasteiger partial charge in [0.15, 0.2) is 11.5 Å². The Morgan fingerprint density at radius 1 is 1.17 bits per heavy atom. The number of carbonyl (C=O) groups excluding carboxylic acids is 3. The molecule has 2 aromatic rings. The first-order valence-electron chi connectivity index (χ1n) is 9.61. The van der Waals surface area contributed by atoms with Gasteiger partial charge in [-0.15, -0.1) is 0 Å². The van der Waals surface area contributed by atoms with Crippen molar-refractivity contribution in [2.75, 3.05) is 27.5 Å². The fourth-order valence-corrected chi connectivity index (χ4v) is 3.97. The van der Waals surface area contributed by atoms with Gasteiger partial charge in [-0.2, -0.15) is 0 Å². The zero-order chi connectivity index (χ0) is 21.3. The van der Waals surface area contributed by atoms with E-state index in [0.717, 1.165) is 5.56 Å². The average Bonchev–Trinajstić information content (AvgIpc) is 3.23. The topological polar surface area (TPSA) is 94.2 Å². The highest BCUT2D eigenvalue weighted by Gasteiger charge is 2.42. The Hall–Kier alpha value is -3.55. The fraction of sp³-hybridized carbons (Fsp3) is 0.318. The van der Waals surface area contributed by atoms with Gasteiger partial charge in [0.1, 0.15) is 0 Å². The molecule has 8 nitrogen and oxygen atoms in total. The maximum Gasteiger partial charge on any atom is 0.307 e. The second kappa shape index (κ2) is 8.06. The summed E-state index contributed by atoms with van der Waals surface area (Å²) in [6.07, 6.45) is 0.0695. The van der Waals surface area contributed by atoms with E-state index in [-0.39, 0.29) is 31.6 Å². The Morgan fingerprint density at radius 2 is 1.93 bits per heavy atom. The van der Waals surface area contributed by atoms with Crippen molar-refractivity contribution in [1.82, 2.24) is 10.2 Å². The molecule has 0 saturated carbocycles. The normalized spacial score (nSPS) is 19.3. The van der Waals surface area contributed by atoms with Crippen molar-refractivity contribution in [3.05, 3.63) is 59.2 Å². The first-order valence-corrected chi connectivity index (χ1v) is 9.61. The van der Waals surface area contributed by atoms with Gasteiger partial charge in [0.2, 0.25) is 12.7 Å². The maximum absolute atomic E-state index is 13.2. The first kappa shape index (κ1) is 19.8. The monoisotopic (exact) mass is 410 g/mol. The molecule has 0 spiro atoms. The SMILES string of the molecule is COC(=O)CCNC(=O)[C@@H]1c2ccccc2C(=O)N(C)[C@@H]1c1ccc2c(c1)OCO2. The molecule has 0 saturated heterocycles. The lowest BCUT2D eigenvalue weighted by atomic mass is 9.79. The third-order valence-electron chi connectivity index (χ3n) is 5.46. The number of nitrogens with zero attached hydrogens (tertiary/aromatic N) is 1. The Bertz CT molecular complexity index is 1000. The summed E-state index contributed by atoms with van der Waals surface area (Å²) >= 11 is 0. The molecule has 0 aliphatic carbocycles.